The average molecular weight is 306 g/mol. The summed E-state index contributed by atoms with van der Waals surface area (Å²) in [6, 6.07) is 7.79. The van der Waals surface area contributed by atoms with Crippen molar-refractivity contribution in [3.63, 3.8) is 0 Å². The van der Waals surface area contributed by atoms with E-state index in [1.807, 2.05) is 45.2 Å². The minimum absolute atomic E-state index is 0.0261. The van der Waals surface area contributed by atoms with Crippen molar-refractivity contribution in [3.05, 3.63) is 29.8 Å². The molecule has 122 valence electrons. The highest BCUT2D eigenvalue weighted by molar-refractivity contribution is 5.91. The van der Waals surface area contributed by atoms with Crippen molar-refractivity contribution in [1.82, 2.24) is 5.32 Å². The van der Waals surface area contributed by atoms with E-state index in [0.717, 1.165) is 16.2 Å². The highest BCUT2D eigenvalue weighted by atomic mass is 16.2. The maximum atomic E-state index is 12.0. The fraction of sp³-hybridized carbons (Fsp3) is 0.529. The molecule has 2 amide bonds. The minimum Gasteiger partial charge on any atom is -0.348 e. The molecule has 0 bridgehead atoms. The van der Waals surface area contributed by atoms with Gasteiger partial charge in [-0.3, -0.25) is 9.59 Å². The van der Waals surface area contributed by atoms with Crippen LogP contribution in [0.15, 0.2) is 24.3 Å². The molecule has 0 saturated heterocycles. The van der Waals surface area contributed by atoms with Crippen molar-refractivity contribution in [2.75, 3.05) is 25.5 Å². The molecule has 0 radical (unpaired) electrons. The summed E-state index contributed by atoms with van der Waals surface area (Å²) in [7, 11) is 1.84. The predicted octanol–water partition coefficient (Wildman–Crippen LogP) is 0.609. The Morgan fingerprint density at radius 3 is 2.14 bits per heavy atom. The second kappa shape index (κ2) is 8.54. The lowest BCUT2D eigenvalue weighted by Crippen LogP contribution is -3.11. The zero-order valence-corrected chi connectivity index (χ0v) is 14.2. The van der Waals surface area contributed by atoms with Crippen molar-refractivity contribution in [1.29, 1.82) is 0 Å². The first kappa shape index (κ1) is 18.2. The normalized spacial score (nSPS) is 13.5. The molecule has 5 nitrogen and oxygen atoms in total. The number of aryl methyl sites for hydroxylation is 1. The Balaban J connectivity index is 2.37. The second-order valence-corrected chi connectivity index (χ2v) is 6.33. The van der Waals surface area contributed by atoms with Crippen molar-refractivity contribution >= 4 is 17.5 Å². The fourth-order valence-corrected chi connectivity index (χ4v) is 1.92. The van der Waals surface area contributed by atoms with Crippen molar-refractivity contribution in [2.45, 2.75) is 33.7 Å². The Hall–Kier alpha value is -1.88. The Bertz CT molecular complexity index is 497. The molecule has 1 aromatic carbocycles. The number of benzene rings is 1. The zero-order valence-electron chi connectivity index (χ0n) is 14.2. The van der Waals surface area contributed by atoms with Gasteiger partial charge in [-0.05, 0) is 31.9 Å². The van der Waals surface area contributed by atoms with Crippen LogP contribution in [-0.4, -0.2) is 38.0 Å². The van der Waals surface area contributed by atoms with E-state index in [2.05, 4.69) is 24.5 Å². The summed E-state index contributed by atoms with van der Waals surface area (Å²) >= 11 is 0. The minimum atomic E-state index is -0.0916. The molecule has 0 spiro atoms. The smallest absolute Gasteiger partial charge is 0.279 e. The molecule has 0 fully saturated rings. The first-order chi connectivity index (χ1) is 10.3. The molecule has 2 atom stereocenters. The SMILES string of the molecule is Cc1ccc(NC(=O)C[NH+](C)CC(=O)N[C@H](C)C(C)C)cc1. The van der Waals surface area contributed by atoms with Crippen LogP contribution in [0.3, 0.4) is 0 Å². The fourth-order valence-electron chi connectivity index (χ4n) is 1.92. The molecular formula is C17H28N3O2+. The third kappa shape index (κ3) is 6.72. The van der Waals surface area contributed by atoms with Crippen LogP contribution < -0.4 is 15.5 Å². The van der Waals surface area contributed by atoms with E-state index in [-0.39, 0.29) is 24.4 Å². The molecule has 3 N–H and O–H groups in total. The van der Waals surface area contributed by atoms with E-state index < -0.39 is 0 Å². The van der Waals surface area contributed by atoms with Gasteiger partial charge in [0.1, 0.15) is 0 Å². The summed E-state index contributed by atoms with van der Waals surface area (Å²) in [5.41, 5.74) is 1.93. The van der Waals surface area contributed by atoms with Crippen LogP contribution in [0.5, 0.6) is 0 Å². The molecule has 1 rings (SSSR count). The number of quaternary nitrogens is 1. The number of rotatable bonds is 7. The number of hydrogen-bond donors (Lipinski definition) is 3. The van der Waals surface area contributed by atoms with Gasteiger partial charge in [0.25, 0.3) is 11.8 Å². The Morgan fingerprint density at radius 1 is 1.05 bits per heavy atom. The lowest BCUT2D eigenvalue weighted by Gasteiger charge is -2.19. The van der Waals surface area contributed by atoms with Crippen LogP contribution in [-0.2, 0) is 9.59 Å². The monoisotopic (exact) mass is 306 g/mol. The predicted molar refractivity (Wildman–Crippen MR) is 88.9 cm³/mol. The molecule has 0 saturated carbocycles. The number of nitrogens with one attached hydrogen (secondary N) is 3. The third-order valence-electron chi connectivity index (χ3n) is 3.65. The number of hydrogen-bond acceptors (Lipinski definition) is 2. The van der Waals surface area contributed by atoms with E-state index in [1.54, 1.807) is 0 Å². The quantitative estimate of drug-likeness (QED) is 0.691. The molecule has 0 aromatic heterocycles. The van der Waals surface area contributed by atoms with Crippen LogP contribution in [0.1, 0.15) is 26.3 Å². The van der Waals surface area contributed by atoms with Gasteiger partial charge in [-0.1, -0.05) is 31.5 Å². The van der Waals surface area contributed by atoms with Crippen LogP contribution >= 0.6 is 0 Å². The summed E-state index contributed by atoms with van der Waals surface area (Å²) in [6.07, 6.45) is 0. The van der Waals surface area contributed by atoms with Crippen LogP contribution in [0.25, 0.3) is 0 Å². The number of carbonyl (C=O) groups is 2. The molecular weight excluding hydrogens is 278 g/mol. The van der Waals surface area contributed by atoms with Gasteiger partial charge in [-0.2, -0.15) is 0 Å². The first-order valence-corrected chi connectivity index (χ1v) is 7.75. The van der Waals surface area contributed by atoms with E-state index in [0.29, 0.717) is 12.5 Å². The van der Waals surface area contributed by atoms with Gasteiger partial charge in [0, 0.05) is 11.7 Å². The number of anilines is 1. The molecule has 22 heavy (non-hydrogen) atoms. The molecule has 1 unspecified atom stereocenters. The second-order valence-electron chi connectivity index (χ2n) is 6.33. The summed E-state index contributed by atoms with van der Waals surface area (Å²) in [4.78, 5) is 24.7. The molecule has 5 heteroatoms. The van der Waals surface area contributed by atoms with Gasteiger partial charge >= 0.3 is 0 Å². The van der Waals surface area contributed by atoms with E-state index >= 15 is 0 Å². The molecule has 0 aliphatic rings. The summed E-state index contributed by atoms with van der Waals surface area (Å²) in [5, 5.41) is 5.79. The van der Waals surface area contributed by atoms with E-state index in [9.17, 15) is 9.59 Å². The highest BCUT2D eigenvalue weighted by Crippen LogP contribution is 2.07. The molecule has 0 aliphatic heterocycles. The molecule has 0 heterocycles. The maximum absolute atomic E-state index is 12.0. The van der Waals surface area contributed by atoms with Gasteiger partial charge in [0.2, 0.25) is 0 Å². The lowest BCUT2D eigenvalue weighted by atomic mass is 10.1. The van der Waals surface area contributed by atoms with Crippen molar-refractivity contribution < 1.29 is 14.5 Å². The van der Waals surface area contributed by atoms with Gasteiger partial charge in [-0.25, -0.2) is 0 Å². The number of amides is 2. The van der Waals surface area contributed by atoms with Crippen molar-refractivity contribution in [2.24, 2.45) is 5.92 Å². The Labute approximate surface area is 133 Å². The largest absolute Gasteiger partial charge is 0.348 e. The summed E-state index contributed by atoms with van der Waals surface area (Å²) < 4.78 is 0. The standard InChI is InChI=1S/C17H27N3O2/c1-12(2)14(4)18-16(21)10-20(5)11-17(22)19-15-8-6-13(3)7-9-15/h6-9,12,14H,10-11H2,1-5H3,(H,18,21)(H,19,22)/p+1/t14-/m1/s1. The Kier molecular flexibility index (Phi) is 7.05. The highest BCUT2D eigenvalue weighted by Gasteiger charge is 2.17. The number of carbonyl (C=O) groups excluding carboxylic acids is 2. The van der Waals surface area contributed by atoms with Crippen molar-refractivity contribution in [3.8, 4) is 0 Å². The summed E-state index contributed by atoms with van der Waals surface area (Å²) in [6.45, 7) is 8.67. The van der Waals surface area contributed by atoms with E-state index in [1.165, 1.54) is 0 Å². The van der Waals surface area contributed by atoms with Crippen LogP contribution in [0.4, 0.5) is 5.69 Å². The zero-order chi connectivity index (χ0) is 16.7. The third-order valence-corrected chi connectivity index (χ3v) is 3.65. The lowest BCUT2D eigenvalue weighted by molar-refractivity contribution is -0.862. The maximum Gasteiger partial charge on any atom is 0.279 e. The topological polar surface area (TPSA) is 62.6 Å². The van der Waals surface area contributed by atoms with Gasteiger partial charge in [0.05, 0.1) is 7.05 Å². The van der Waals surface area contributed by atoms with Crippen LogP contribution in [0.2, 0.25) is 0 Å². The molecule has 1 aromatic rings. The first-order valence-electron chi connectivity index (χ1n) is 7.75. The van der Waals surface area contributed by atoms with E-state index in [4.69, 9.17) is 0 Å². The summed E-state index contributed by atoms with van der Waals surface area (Å²) in [5.74, 6) is 0.280. The van der Waals surface area contributed by atoms with Gasteiger partial charge in [-0.15, -0.1) is 0 Å². The van der Waals surface area contributed by atoms with Gasteiger partial charge < -0.3 is 15.5 Å². The number of likely N-dealkylation sites (N-methyl/N-ethyl adjacent to an activating group) is 1. The molecule has 0 aliphatic carbocycles. The average Bonchev–Trinajstić information content (AvgIpc) is 2.40. The van der Waals surface area contributed by atoms with Gasteiger partial charge in [0.15, 0.2) is 13.1 Å². The van der Waals surface area contributed by atoms with Crippen LogP contribution in [0, 0.1) is 12.8 Å². The Morgan fingerprint density at radius 2 is 1.59 bits per heavy atom.